The van der Waals surface area contributed by atoms with Gasteiger partial charge >= 0.3 is 12.0 Å². The molecule has 1 aliphatic carbocycles. The zero-order chi connectivity index (χ0) is 31.9. The number of carbonyl (C=O) groups excluding carboxylic acids is 4. The molecule has 10 nitrogen and oxygen atoms in total. The largest absolute Gasteiger partial charge is 0.469 e. The average Bonchev–Trinajstić information content (AvgIpc) is 3.02. The van der Waals surface area contributed by atoms with Gasteiger partial charge in [0.2, 0.25) is 11.8 Å². The van der Waals surface area contributed by atoms with E-state index < -0.39 is 5.97 Å². The first-order valence-corrected chi connectivity index (χ1v) is 17.3. The maximum atomic E-state index is 13.8. The Labute approximate surface area is 268 Å². The standard InChI is InChI=1S/C33H53N5O5S/c1-5-7-8-10-29(24-35-19-21-37(22-20-35)31(40)23-32(41)43-4)44-25-34-33(42)38(27-13-11-26(3)12-14-27)28-15-17-36(18-16-28)30(39)9-6-2/h7,10,26-28H,1,6,8-9,11-25H2,2-4H3,(H,34,42)/b29-10-. The van der Waals surface area contributed by atoms with Crippen molar-refractivity contribution in [3.8, 4) is 0 Å². The van der Waals surface area contributed by atoms with Crippen LogP contribution < -0.4 is 5.32 Å². The van der Waals surface area contributed by atoms with Gasteiger partial charge in [-0.05, 0) is 68.3 Å². The summed E-state index contributed by atoms with van der Waals surface area (Å²) in [6, 6.07) is 0.387. The first-order valence-electron chi connectivity index (χ1n) is 16.3. The van der Waals surface area contributed by atoms with Crippen LogP contribution in [0.15, 0.2) is 29.4 Å². The van der Waals surface area contributed by atoms with E-state index in [1.165, 1.54) is 7.11 Å². The number of urea groups is 1. The van der Waals surface area contributed by atoms with E-state index in [1.807, 2.05) is 17.9 Å². The van der Waals surface area contributed by atoms with Crippen LogP contribution in [0.3, 0.4) is 0 Å². The molecule has 2 saturated heterocycles. The van der Waals surface area contributed by atoms with E-state index in [0.717, 1.165) is 69.5 Å². The number of thioether (sulfide) groups is 1. The molecule has 0 spiro atoms. The lowest BCUT2D eigenvalue weighted by molar-refractivity contribution is -0.147. The predicted octanol–water partition coefficient (Wildman–Crippen LogP) is 4.38. The number of amides is 4. The quantitative estimate of drug-likeness (QED) is 0.139. The maximum Gasteiger partial charge on any atom is 0.318 e. The topological polar surface area (TPSA) is 102 Å². The number of piperazine rings is 1. The third kappa shape index (κ3) is 11.3. The van der Waals surface area contributed by atoms with Crippen molar-refractivity contribution >= 4 is 35.6 Å². The Kier molecular flexibility index (Phi) is 15.4. The smallest absolute Gasteiger partial charge is 0.318 e. The van der Waals surface area contributed by atoms with Gasteiger partial charge in [0.15, 0.2) is 0 Å². The molecule has 3 fully saturated rings. The Hall–Kier alpha value is -2.75. The molecule has 246 valence electrons. The predicted molar refractivity (Wildman–Crippen MR) is 175 cm³/mol. The Morgan fingerprint density at radius 1 is 0.955 bits per heavy atom. The Balaban J connectivity index is 1.56. The molecule has 4 amide bonds. The van der Waals surface area contributed by atoms with Gasteiger partial charge in [0.05, 0.1) is 13.0 Å². The number of likely N-dealkylation sites (tertiary alicyclic amines) is 1. The van der Waals surface area contributed by atoms with Crippen LogP contribution >= 0.6 is 11.8 Å². The van der Waals surface area contributed by atoms with Crippen molar-refractivity contribution in [1.29, 1.82) is 0 Å². The molecule has 2 heterocycles. The van der Waals surface area contributed by atoms with Crippen molar-refractivity contribution < 1.29 is 23.9 Å². The number of rotatable bonds is 13. The normalized spacial score (nSPS) is 21.8. The molecule has 0 unspecified atom stereocenters. The van der Waals surface area contributed by atoms with Gasteiger partial charge in [0.1, 0.15) is 6.42 Å². The zero-order valence-corrected chi connectivity index (χ0v) is 27.9. The van der Waals surface area contributed by atoms with Crippen molar-refractivity contribution in [3.05, 3.63) is 29.4 Å². The van der Waals surface area contributed by atoms with Gasteiger partial charge in [-0.3, -0.25) is 19.3 Å². The molecule has 0 aromatic carbocycles. The monoisotopic (exact) mass is 631 g/mol. The summed E-state index contributed by atoms with van der Waals surface area (Å²) < 4.78 is 4.63. The number of methoxy groups -OCH3 is 1. The number of nitrogens with one attached hydrogen (secondary N) is 1. The highest BCUT2D eigenvalue weighted by Crippen LogP contribution is 2.31. The number of piperidine rings is 1. The molecule has 44 heavy (non-hydrogen) atoms. The number of hydrogen-bond acceptors (Lipinski definition) is 7. The molecule has 1 N–H and O–H groups in total. The summed E-state index contributed by atoms with van der Waals surface area (Å²) in [5.41, 5.74) is 2.82. The van der Waals surface area contributed by atoms with E-state index in [-0.39, 0.29) is 36.3 Å². The van der Waals surface area contributed by atoms with E-state index in [4.69, 9.17) is 0 Å². The third-order valence-corrected chi connectivity index (χ3v) is 9.96. The summed E-state index contributed by atoms with van der Waals surface area (Å²) in [7, 11) is 1.29. The highest BCUT2D eigenvalue weighted by molar-refractivity contribution is 8.03. The highest BCUT2D eigenvalue weighted by atomic mass is 32.2. The molecular weight excluding hydrogens is 578 g/mol. The summed E-state index contributed by atoms with van der Waals surface area (Å²) in [5.74, 6) is 0.680. The van der Waals surface area contributed by atoms with E-state index in [9.17, 15) is 19.2 Å². The minimum absolute atomic E-state index is 0.00143. The third-order valence-electron chi connectivity index (χ3n) is 9.00. The summed E-state index contributed by atoms with van der Waals surface area (Å²) in [6.45, 7) is 12.7. The Morgan fingerprint density at radius 2 is 1.59 bits per heavy atom. The molecule has 0 radical (unpaired) electrons. The fourth-order valence-electron chi connectivity index (χ4n) is 6.32. The van der Waals surface area contributed by atoms with Gasteiger partial charge in [-0.2, -0.15) is 0 Å². The van der Waals surface area contributed by atoms with Gasteiger partial charge in [-0.1, -0.05) is 26.5 Å². The lowest BCUT2D eigenvalue weighted by atomic mass is 9.85. The van der Waals surface area contributed by atoms with Gasteiger partial charge in [-0.15, -0.1) is 17.5 Å². The number of nitrogens with zero attached hydrogens (tertiary/aromatic N) is 4. The van der Waals surface area contributed by atoms with Crippen LogP contribution in [-0.4, -0.2) is 114 Å². The molecule has 2 aliphatic heterocycles. The van der Waals surface area contributed by atoms with E-state index in [1.54, 1.807) is 16.7 Å². The fraction of sp³-hybridized carbons (Fsp3) is 0.727. The van der Waals surface area contributed by atoms with Crippen molar-refractivity contribution in [2.75, 3.05) is 58.8 Å². The molecule has 0 bridgehead atoms. The number of esters is 1. The number of carbonyl (C=O) groups is 4. The van der Waals surface area contributed by atoms with Gasteiger partial charge < -0.3 is 24.8 Å². The molecule has 3 rings (SSSR count). The minimum Gasteiger partial charge on any atom is -0.469 e. The second kappa shape index (κ2) is 18.9. The lowest BCUT2D eigenvalue weighted by Crippen LogP contribution is -2.56. The van der Waals surface area contributed by atoms with Crippen LogP contribution in [0, 0.1) is 5.92 Å². The highest BCUT2D eigenvalue weighted by Gasteiger charge is 2.35. The van der Waals surface area contributed by atoms with Crippen LogP contribution in [0.2, 0.25) is 0 Å². The fourth-order valence-corrected chi connectivity index (χ4v) is 7.19. The van der Waals surface area contributed by atoms with Crippen molar-refractivity contribution in [1.82, 2.24) is 24.9 Å². The van der Waals surface area contributed by atoms with E-state index in [2.05, 4.69) is 45.2 Å². The average molecular weight is 632 g/mol. The number of ether oxygens (including phenoxy) is 1. The summed E-state index contributed by atoms with van der Waals surface area (Å²) in [6.07, 6.45) is 12.0. The lowest BCUT2D eigenvalue weighted by Gasteiger charge is -2.44. The number of hydrogen-bond donors (Lipinski definition) is 1. The van der Waals surface area contributed by atoms with Gasteiger partial charge in [-0.25, -0.2) is 4.79 Å². The Bertz CT molecular complexity index is 1040. The second-order valence-corrected chi connectivity index (χ2v) is 13.3. The van der Waals surface area contributed by atoms with Gasteiger partial charge in [0.25, 0.3) is 0 Å². The molecule has 1 saturated carbocycles. The van der Waals surface area contributed by atoms with Crippen LogP contribution in [0.1, 0.15) is 78.1 Å². The summed E-state index contributed by atoms with van der Waals surface area (Å²) >= 11 is 1.63. The Morgan fingerprint density at radius 3 is 2.20 bits per heavy atom. The molecule has 0 aromatic heterocycles. The SMILES string of the molecule is C=C=CC/C=C(/CN1CCN(C(=O)CC(=O)OC)CC1)SCNC(=O)N(C1CCC(C)CC1)C1CCN(C(=O)CCC)CC1. The molecule has 11 heteroatoms. The van der Waals surface area contributed by atoms with Crippen LogP contribution in [0.25, 0.3) is 0 Å². The molecule has 0 atom stereocenters. The maximum absolute atomic E-state index is 13.8. The van der Waals surface area contributed by atoms with E-state index in [0.29, 0.717) is 50.8 Å². The first-order chi connectivity index (χ1) is 21.2. The molecular formula is C33H53N5O5S. The van der Waals surface area contributed by atoms with Gasteiger partial charge in [0, 0.05) is 64.3 Å². The summed E-state index contributed by atoms with van der Waals surface area (Å²) in [5, 5.41) is 3.22. The molecule has 3 aliphatic rings. The summed E-state index contributed by atoms with van der Waals surface area (Å²) in [4.78, 5) is 59.3. The van der Waals surface area contributed by atoms with Crippen molar-refractivity contribution in [3.63, 3.8) is 0 Å². The minimum atomic E-state index is -0.513. The second-order valence-electron chi connectivity index (χ2n) is 12.2. The van der Waals surface area contributed by atoms with Crippen LogP contribution in [0.4, 0.5) is 4.79 Å². The van der Waals surface area contributed by atoms with Crippen molar-refractivity contribution in [2.45, 2.75) is 90.1 Å². The first kappa shape index (κ1) is 35.7. The van der Waals surface area contributed by atoms with Crippen molar-refractivity contribution in [2.24, 2.45) is 5.92 Å². The number of allylic oxidation sites excluding steroid dienone is 2. The molecule has 0 aromatic rings. The van der Waals surface area contributed by atoms with Crippen LogP contribution in [-0.2, 0) is 19.1 Å². The zero-order valence-electron chi connectivity index (χ0n) is 27.1. The van der Waals surface area contributed by atoms with Crippen LogP contribution in [0.5, 0.6) is 0 Å². The van der Waals surface area contributed by atoms with E-state index >= 15 is 0 Å².